The van der Waals surface area contributed by atoms with E-state index in [1.807, 2.05) is 12.1 Å². The second kappa shape index (κ2) is 5.81. The van der Waals surface area contributed by atoms with Crippen LogP contribution in [-0.4, -0.2) is 16.0 Å². The van der Waals surface area contributed by atoms with E-state index in [0.29, 0.717) is 29.4 Å². The number of carbonyl (C=O) groups is 1. The molecule has 5 rings (SSSR count). The molecule has 0 aromatic heterocycles. The number of para-hydroxylation sites is 1. The molecule has 0 unspecified atom stereocenters. The first-order valence-electron chi connectivity index (χ1n) is 9.41. The highest BCUT2D eigenvalue weighted by atomic mass is 16.6. The molecule has 6 nitrogen and oxygen atoms in total. The molecule has 1 heterocycles. The third-order valence-corrected chi connectivity index (χ3v) is 6.79. The highest BCUT2D eigenvalue weighted by Gasteiger charge is 2.54. The average molecular weight is 364 g/mol. The summed E-state index contributed by atoms with van der Waals surface area (Å²) < 4.78 is 0. The van der Waals surface area contributed by atoms with Gasteiger partial charge in [0.15, 0.2) is 0 Å². The van der Waals surface area contributed by atoms with Gasteiger partial charge in [0.05, 0.1) is 22.2 Å². The number of benzene rings is 2. The number of aromatic carboxylic acids is 1. The van der Waals surface area contributed by atoms with Crippen LogP contribution in [0.5, 0.6) is 0 Å². The van der Waals surface area contributed by atoms with Crippen LogP contribution < -0.4 is 5.32 Å². The van der Waals surface area contributed by atoms with E-state index < -0.39 is 5.97 Å². The minimum absolute atomic E-state index is 0.0753. The number of fused-ring (bicyclic) bond motifs is 7. The summed E-state index contributed by atoms with van der Waals surface area (Å²) >= 11 is 0. The fourth-order valence-corrected chi connectivity index (χ4v) is 5.85. The molecule has 5 atom stereocenters. The summed E-state index contributed by atoms with van der Waals surface area (Å²) in [6.07, 6.45) is 3.54. The number of carboxylic acid groups (broad SMARTS) is 1. The molecule has 2 N–H and O–H groups in total. The van der Waals surface area contributed by atoms with Gasteiger partial charge in [-0.3, -0.25) is 10.1 Å². The van der Waals surface area contributed by atoms with Crippen molar-refractivity contribution in [3.8, 4) is 0 Å². The van der Waals surface area contributed by atoms with Gasteiger partial charge in [-0.1, -0.05) is 24.3 Å². The Bertz CT molecular complexity index is 957. The van der Waals surface area contributed by atoms with Crippen LogP contribution in [0.25, 0.3) is 0 Å². The normalized spacial score (nSPS) is 30.3. The van der Waals surface area contributed by atoms with Crippen molar-refractivity contribution < 1.29 is 14.8 Å². The van der Waals surface area contributed by atoms with Crippen molar-refractivity contribution in [1.82, 2.24) is 0 Å². The fraction of sp³-hybridized carbons (Fsp3) is 0.381. The lowest BCUT2D eigenvalue weighted by Crippen LogP contribution is -2.36. The van der Waals surface area contributed by atoms with Crippen molar-refractivity contribution in [2.45, 2.75) is 31.2 Å². The van der Waals surface area contributed by atoms with Crippen LogP contribution in [0.2, 0.25) is 0 Å². The smallest absolute Gasteiger partial charge is 0.337 e. The van der Waals surface area contributed by atoms with Gasteiger partial charge in [-0.25, -0.2) is 4.79 Å². The maximum absolute atomic E-state index is 11.8. The molecule has 6 heteroatoms. The van der Waals surface area contributed by atoms with Crippen molar-refractivity contribution >= 4 is 17.3 Å². The lowest BCUT2D eigenvalue weighted by atomic mass is 9.67. The number of nitrogens with one attached hydrogen (secondary N) is 1. The highest BCUT2D eigenvalue weighted by Crippen LogP contribution is 2.64. The Morgan fingerprint density at radius 2 is 1.93 bits per heavy atom. The quantitative estimate of drug-likeness (QED) is 0.614. The first kappa shape index (κ1) is 16.3. The standard InChI is InChI=1S/C21H20N2O4/c24-21(25)16-6-2-5-15-17-11-7-8-12(9-11)18(17)19(22-20(15)16)13-3-1-4-14(10-13)23(26)27/h1-6,10-12,17-19,22H,7-9H2,(H,24,25)/t11-,12-,17+,18+,19+/m0/s1. The van der Waals surface area contributed by atoms with Gasteiger partial charge in [-0.2, -0.15) is 0 Å². The molecule has 0 saturated heterocycles. The molecular weight excluding hydrogens is 344 g/mol. The zero-order valence-corrected chi connectivity index (χ0v) is 14.7. The third kappa shape index (κ3) is 2.36. The van der Waals surface area contributed by atoms with Gasteiger partial charge in [-0.15, -0.1) is 0 Å². The highest BCUT2D eigenvalue weighted by molar-refractivity contribution is 5.95. The number of anilines is 1. The van der Waals surface area contributed by atoms with Gasteiger partial charge < -0.3 is 10.4 Å². The number of hydrogen-bond acceptors (Lipinski definition) is 4. The van der Waals surface area contributed by atoms with Crippen molar-refractivity contribution in [3.63, 3.8) is 0 Å². The van der Waals surface area contributed by atoms with E-state index in [2.05, 4.69) is 11.4 Å². The largest absolute Gasteiger partial charge is 0.478 e. The predicted molar refractivity (Wildman–Crippen MR) is 99.9 cm³/mol. The monoisotopic (exact) mass is 364 g/mol. The second-order valence-corrected chi connectivity index (χ2v) is 7.99. The van der Waals surface area contributed by atoms with E-state index in [1.54, 1.807) is 18.2 Å². The van der Waals surface area contributed by atoms with Gasteiger partial charge in [0.25, 0.3) is 5.69 Å². The van der Waals surface area contributed by atoms with E-state index in [1.165, 1.54) is 25.3 Å². The van der Waals surface area contributed by atoms with Crippen molar-refractivity contribution in [2.75, 3.05) is 5.32 Å². The van der Waals surface area contributed by atoms with Crippen LogP contribution >= 0.6 is 0 Å². The molecule has 2 saturated carbocycles. The molecule has 0 radical (unpaired) electrons. The lowest BCUT2D eigenvalue weighted by molar-refractivity contribution is -0.384. The van der Waals surface area contributed by atoms with Crippen molar-refractivity contribution in [1.29, 1.82) is 0 Å². The van der Waals surface area contributed by atoms with Crippen molar-refractivity contribution in [3.05, 3.63) is 69.3 Å². The number of non-ortho nitro benzene ring substituents is 1. The van der Waals surface area contributed by atoms with Crippen LogP contribution in [-0.2, 0) is 0 Å². The Kier molecular flexibility index (Phi) is 3.50. The predicted octanol–water partition coefficient (Wildman–Crippen LogP) is 4.59. The molecule has 2 aromatic carbocycles. The molecule has 3 aliphatic rings. The molecule has 2 aliphatic carbocycles. The maximum atomic E-state index is 11.8. The van der Waals surface area contributed by atoms with Crippen LogP contribution in [0.15, 0.2) is 42.5 Å². The summed E-state index contributed by atoms with van der Waals surface area (Å²) in [6, 6.07) is 12.2. The number of carboxylic acids is 1. The zero-order chi connectivity index (χ0) is 18.7. The summed E-state index contributed by atoms with van der Waals surface area (Å²) in [5.41, 5.74) is 3.03. The van der Waals surface area contributed by atoms with Gasteiger partial charge in [0.1, 0.15) is 0 Å². The Hall–Kier alpha value is -2.89. The van der Waals surface area contributed by atoms with E-state index in [4.69, 9.17) is 0 Å². The first-order chi connectivity index (χ1) is 13.0. The topological polar surface area (TPSA) is 92.5 Å². The molecule has 138 valence electrons. The first-order valence-corrected chi connectivity index (χ1v) is 9.41. The fourth-order valence-electron chi connectivity index (χ4n) is 5.85. The summed E-state index contributed by atoms with van der Waals surface area (Å²) in [4.78, 5) is 22.6. The zero-order valence-electron chi connectivity index (χ0n) is 14.7. The summed E-state index contributed by atoms with van der Waals surface area (Å²) in [6.45, 7) is 0. The Labute approximate surface area is 156 Å². The minimum atomic E-state index is -0.946. The van der Waals surface area contributed by atoms with E-state index in [-0.39, 0.29) is 22.2 Å². The van der Waals surface area contributed by atoms with Crippen LogP contribution in [0.4, 0.5) is 11.4 Å². The number of nitro benzene ring substituents is 1. The molecule has 2 bridgehead atoms. The number of rotatable bonds is 3. The Morgan fingerprint density at radius 3 is 2.70 bits per heavy atom. The third-order valence-electron chi connectivity index (χ3n) is 6.79. The SMILES string of the molecule is O=C(O)c1cccc2c1N[C@H](c1cccc([N+](=O)[O-])c1)[C@@H]1[C@H]3CC[C@@H](C3)[C@H]21. The van der Waals surface area contributed by atoms with Gasteiger partial charge in [0.2, 0.25) is 0 Å². The minimum Gasteiger partial charge on any atom is -0.478 e. The van der Waals surface area contributed by atoms with E-state index >= 15 is 0 Å². The number of nitrogens with zero attached hydrogens (tertiary/aromatic N) is 1. The maximum Gasteiger partial charge on any atom is 0.337 e. The van der Waals surface area contributed by atoms with E-state index in [9.17, 15) is 20.0 Å². The van der Waals surface area contributed by atoms with Crippen LogP contribution in [0.1, 0.15) is 52.7 Å². The molecule has 2 fully saturated rings. The molecule has 1 aliphatic heterocycles. The van der Waals surface area contributed by atoms with Crippen LogP contribution in [0, 0.1) is 27.9 Å². The molecule has 0 amide bonds. The number of nitro groups is 1. The van der Waals surface area contributed by atoms with Gasteiger partial charge in [0, 0.05) is 12.1 Å². The average Bonchev–Trinajstić information content (AvgIpc) is 3.29. The summed E-state index contributed by atoms with van der Waals surface area (Å²) in [5.74, 6) is 0.883. The summed E-state index contributed by atoms with van der Waals surface area (Å²) in [5, 5.41) is 24.4. The molecule has 0 spiro atoms. The summed E-state index contributed by atoms with van der Waals surface area (Å²) in [7, 11) is 0. The molecule has 2 aromatic rings. The Balaban J connectivity index is 1.66. The van der Waals surface area contributed by atoms with Gasteiger partial charge >= 0.3 is 5.97 Å². The molecular formula is C21H20N2O4. The Morgan fingerprint density at radius 1 is 1.15 bits per heavy atom. The lowest BCUT2D eigenvalue weighted by Gasteiger charge is -2.43. The second-order valence-electron chi connectivity index (χ2n) is 7.99. The van der Waals surface area contributed by atoms with Crippen LogP contribution in [0.3, 0.4) is 0 Å². The van der Waals surface area contributed by atoms with Gasteiger partial charge in [-0.05, 0) is 60.1 Å². The molecule has 27 heavy (non-hydrogen) atoms. The van der Waals surface area contributed by atoms with Crippen molar-refractivity contribution in [2.24, 2.45) is 17.8 Å². The number of hydrogen-bond donors (Lipinski definition) is 2. The van der Waals surface area contributed by atoms with E-state index in [0.717, 1.165) is 11.1 Å².